The molecule has 2 atom stereocenters. The van der Waals surface area contributed by atoms with Gasteiger partial charge in [0.05, 0.1) is 28.2 Å². The van der Waals surface area contributed by atoms with Crippen LogP contribution in [0.2, 0.25) is 0 Å². The quantitative estimate of drug-likeness (QED) is 0.399. The smallest absolute Gasteiger partial charge is 0.269 e. The summed E-state index contributed by atoms with van der Waals surface area (Å²) < 4.78 is 30.7. The minimum Gasteiger partial charge on any atom is -0.294 e. The van der Waals surface area contributed by atoms with Crippen molar-refractivity contribution in [3.63, 3.8) is 0 Å². The van der Waals surface area contributed by atoms with Crippen molar-refractivity contribution in [2.45, 2.75) is 31.6 Å². The molecule has 1 saturated carbocycles. The van der Waals surface area contributed by atoms with Crippen molar-refractivity contribution < 1.29 is 13.2 Å². The molecule has 6 rings (SSSR count). The highest BCUT2D eigenvalue weighted by molar-refractivity contribution is 7.90. The molecule has 1 amide bonds. The van der Waals surface area contributed by atoms with Crippen molar-refractivity contribution in [3.05, 3.63) is 54.6 Å². The van der Waals surface area contributed by atoms with Gasteiger partial charge in [0.15, 0.2) is 5.65 Å². The second-order valence-corrected chi connectivity index (χ2v) is 11.8. The summed E-state index contributed by atoms with van der Waals surface area (Å²) in [4.78, 5) is 24.2. The van der Waals surface area contributed by atoms with Gasteiger partial charge in [0.1, 0.15) is 17.6 Å². The maximum absolute atomic E-state index is 14.0. The van der Waals surface area contributed by atoms with Crippen LogP contribution in [0.3, 0.4) is 0 Å². The molecule has 10 nitrogen and oxygen atoms in total. The summed E-state index contributed by atoms with van der Waals surface area (Å²) in [5, 5.41) is 14.7. The number of aryl methyl sites for hydroxylation is 2. The van der Waals surface area contributed by atoms with E-state index in [0.717, 1.165) is 18.4 Å². The molecule has 2 aliphatic rings. The van der Waals surface area contributed by atoms with Crippen molar-refractivity contribution >= 4 is 32.8 Å². The fourth-order valence-corrected chi connectivity index (χ4v) is 6.97. The predicted octanol–water partition coefficient (Wildman–Crippen LogP) is 3.28. The number of carbonyl (C=O) groups excluding carboxylic acids is 1. The summed E-state index contributed by atoms with van der Waals surface area (Å²) >= 11 is 0. The molecule has 3 aromatic heterocycles. The van der Waals surface area contributed by atoms with Crippen molar-refractivity contribution in [3.8, 4) is 17.3 Å². The van der Waals surface area contributed by atoms with Crippen LogP contribution in [0.4, 0.5) is 5.82 Å². The van der Waals surface area contributed by atoms with E-state index in [-0.39, 0.29) is 28.3 Å². The lowest BCUT2D eigenvalue weighted by molar-refractivity contribution is -0.124. The lowest BCUT2D eigenvalue weighted by Crippen LogP contribution is -2.37. The topological polar surface area (TPSA) is 127 Å². The lowest BCUT2D eigenvalue weighted by atomic mass is 9.75. The number of hydrogen-bond donors (Lipinski definition) is 0. The van der Waals surface area contributed by atoms with Crippen molar-refractivity contribution in [1.82, 2.24) is 23.7 Å². The van der Waals surface area contributed by atoms with E-state index < -0.39 is 15.4 Å². The Labute approximate surface area is 214 Å². The number of aromatic nitrogens is 5. The molecule has 4 heterocycles. The van der Waals surface area contributed by atoms with Crippen LogP contribution >= 0.6 is 0 Å². The Hall–Kier alpha value is -4.04. The van der Waals surface area contributed by atoms with Gasteiger partial charge >= 0.3 is 0 Å². The molecule has 4 aromatic rings. The molecule has 2 fully saturated rings. The minimum atomic E-state index is -4.07. The number of benzene rings is 1. The molecule has 1 aliphatic heterocycles. The van der Waals surface area contributed by atoms with Crippen LogP contribution in [-0.4, -0.2) is 44.6 Å². The molecule has 1 saturated heterocycles. The number of amides is 1. The maximum atomic E-state index is 14.0. The largest absolute Gasteiger partial charge is 0.294 e. The van der Waals surface area contributed by atoms with Gasteiger partial charge in [-0.15, -0.1) is 0 Å². The van der Waals surface area contributed by atoms with Gasteiger partial charge in [-0.1, -0.05) is 24.6 Å². The van der Waals surface area contributed by atoms with E-state index >= 15 is 0 Å². The number of nitrogens with zero attached hydrogens (tertiary/aromatic N) is 7. The highest BCUT2D eigenvalue weighted by atomic mass is 32.2. The van der Waals surface area contributed by atoms with Gasteiger partial charge in [0.25, 0.3) is 10.0 Å². The number of anilines is 1. The third-order valence-corrected chi connectivity index (χ3v) is 9.31. The Kier molecular flexibility index (Phi) is 5.04. The maximum Gasteiger partial charge on any atom is 0.269 e. The van der Waals surface area contributed by atoms with Gasteiger partial charge in [0, 0.05) is 31.3 Å². The van der Waals surface area contributed by atoms with Gasteiger partial charge in [-0.3, -0.25) is 14.4 Å². The monoisotopic (exact) mass is 515 g/mol. The van der Waals surface area contributed by atoms with E-state index in [2.05, 4.69) is 21.1 Å². The SMILES string of the molecule is Cc1ccc(S(=O)(=O)n2c(-c3cnn(C)c3)cc3c(N4C[C@@H](C)[C@@](C#N)(C5CC5)C4=O)ncnc32)cc1. The number of nitriles is 1. The summed E-state index contributed by atoms with van der Waals surface area (Å²) in [6.07, 6.45) is 6.28. The molecule has 0 bridgehead atoms. The number of fused-ring (bicyclic) bond motifs is 1. The summed E-state index contributed by atoms with van der Waals surface area (Å²) in [6.45, 7) is 4.14. The van der Waals surface area contributed by atoms with E-state index in [1.165, 1.54) is 15.2 Å². The van der Waals surface area contributed by atoms with Crippen LogP contribution in [0.15, 0.2) is 53.9 Å². The van der Waals surface area contributed by atoms with Crippen LogP contribution in [0, 0.1) is 35.5 Å². The molecule has 0 N–H and O–H groups in total. The van der Waals surface area contributed by atoms with E-state index in [1.807, 2.05) is 13.8 Å². The van der Waals surface area contributed by atoms with Crippen LogP contribution in [0.25, 0.3) is 22.3 Å². The zero-order valence-electron chi connectivity index (χ0n) is 20.7. The zero-order valence-corrected chi connectivity index (χ0v) is 21.5. The Bertz CT molecular complexity index is 1710. The van der Waals surface area contributed by atoms with Crippen LogP contribution < -0.4 is 4.90 Å². The van der Waals surface area contributed by atoms with E-state index in [4.69, 9.17) is 0 Å². The van der Waals surface area contributed by atoms with Crippen LogP contribution in [0.1, 0.15) is 25.3 Å². The Morgan fingerprint density at radius 1 is 1.16 bits per heavy atom. The van der Waals surface area contributed by atoms with Gasteiger partial charge < -0.3 is 0 Å². The van der Waals surface area contributed by atoms with E-state index in [0.29, 0.717) is 29.0 Å². The number of carbonyl (C=O) groups is 1. The Morgan fingerprint density at radius 2 is 1.89 bits per heavy atom. The lowest BCUT2D eigenvalue weighted by Gasteiger charge is -2.22. The van der Waals surface area contributed by atoms with Gasteiger partial charge in [0.2, 0.25) is 5.91 Å². The average molecular weight is 516 g/mol. The van der Waals surface area contributed by atoms with Crippen molar-refractivity contribution in [2.75, 3.05) is 11.4 Å². The first-order valence-electron chi connectivity index (χ1n) is 12.1. The molecule has 1 aliphatic carbocycles. The molecular formula is C26H25N7O3S. The van der Waals surface area contributed by atoms with Crippen molar-refractivity contribution in [1.29, 1.82) is 5.26 Å². The molecule has 0 radical (unpaired) electrons. The third-order valence-electron chi connectivity index (χ3n) is 7.59. The molecule has 11 heteroatoms. The first kappa shape index (κ1) is 23.4. The third kappa shape index (κ3) is 3.32. The van der Waals surface area contributed by atoms with Crippen LogP contribution in [0.5, 0.6) is 0 Å². The highest BCUT2D eigenvalue weighted by Crippen LogP contribution is 2.54. The molecule has 1 aromatic carbocycles. The molecule has 0 spiro atoms. The minimum absolute atomic E-state index is 0.0415. The molecular weight excluding hydrogens is 490 g/mol. The van der Waals surface area contributed by atoms with E-state index in [9.17, 15) is 18.5 Å². The Morgan fingerprint density at radius 3 is 2.51 bits per heavy atom. The zero-order chi connectivity index (χ0) is 26.1. The van der Waals surface area contributed by atoms with E-state index in [1.54, 1.807) is 54.5 Å². The normalized spacial score (nSPS) is 22.1. The predicted molar refractivity (Wildman–Crippen MR) is 136 cm³/mol. The number of rotatable bonds is 5. The summed E-state index contributed by atoms with van der Waals surface area (Å²) in [5.74, 6) is -0.108. The number of hydrogen-bond acceptors (Lipinski definition) is 7. The molecule has 0 unspecified atom stereocenters. The molecule has 37 heavy (non-hydrogen) atoms. The summed E-state index contributed by atoms with van der Waals surface area (Å²) in [6, 6.07) is 10.6. The fraction of sp³-hybridized carbons (Fsp3) is 0.346. The summed E-state index contributed by atoms with van der Waals surface area (Å²) in [7, 11) is -2.32. The fourth-order valence-electron chi connectivity index (χ4n) is 5.49. The van der Waals surface area contributed by atoms with Crippen LogP contribution in [-0.2, 0) is 21.9 Å². The standard InChI is InChI=1S/C26H25N7O3S/c1-16-4-8-20(9-5-16)37(35,36)33-22(18-11-30-31(3)13-18)10-21-23(28-15-29-24(21)33)32-12-17(2)26(14-27,25(32)34)19-6-7-19/h4-5,8-11,13,15,17,19H,6-7,12H2,1-3H3/t17-,26+/m1/s1. The van der Waals surface area contributed by atoms with Gasteiger partial charge in [-0.05, 0) is 43.9 Å². The summed E-state index contributed by atoms with van der Waals surface area (Å²) in [5.41, 5.74) is 0.948. The first-order valence-corrected chi connectivity index (χ1v) is 13.5. The highest BCUT2D eigenvalue weighted by Gasteiger charge is 2.61. The first-order chi connectivity index (χ1) is 17.7. The average Bonchev–Trinajstić information content (AvgIpc) is 3.41. The second kappa shape index (κ2) is 7.98. The van der Waals surface area contributed by atoms with Gasteiger partial charge in [-0.2, -0.15) is 10.4 Å². The van der Waals surface area contributed by atoms with Gasteiger partial charge in [-0.25, -0.2) is 22.4 Å². The molecule has 188 valence electrons. The second-order valence-electron chi connectivity index (χ2n) is 10.0. The van der Waals surface area contributed by atoms with Crippen molar-refractivity contribution in [2.24, 2.45) is 24.3 Å². The Balaban J connectivity index is 1.58.